The lowest BCUT2D eigenvalue weighted by molar-refractivity contribution is 0.0256. The summed E-state index contributed by atoms with van der Waals surface area (Å²) in [6.45, 7) is 5.89. The van der Waals surface area contributed by atoms with Gasteiger partial charge in [-0.3, -0.25) is 0 Å². The highest BCUT2D eigenvalue weighted by molar-refractivity contribution is 6.33. The van der Waals surface area contributed by atoms with Gasteiger partial charge in [-0.25, -0.2) is 0 Å². The zero-order valence-electron chi connectivity index (χ0n) is 12.8. The fourth-order valence-electron chi connectivity index (χ4n) is 3.53. The molecule has 4 heteroatoms. The Balaban J connectivity index is 1.72. The number of morpholine rings is 1. The van der Waals surface area contributed by atoms with Crippen LogP contribution in [0.3, 0.4) is 0 Å². The smallest absolute Gasteiger partial charge is 0.0779 e. The van der Waals surface area contributed by atoms with Crippen molar-refractivity contribution >= 4 is 17.3 Å². The second-order valence-corrected chi connectivity index (χ2v) is 6.47. The maximum absolute atomic E-state index is 6.56. The Kier molecular flexibility index (Phi) is 5.04. The van der Waals surface area contributed by atoms with Gasteiger partial charge in [0.05, 0.1) is 29.5 Å². The fraction of sp³-hybridized carbons (Fsp3) is 0.647. The second kappa shape index (κ2) is 6.99. The number of nitrogens with one attached hydrogen (secondary N) is 1. The van der Waals surface area contributed by atoms with Crippen LogP contribution in [0.25, 0.3) is 0 Å². The zero-order chi connectivity index (χ0) is 14.7. The van der Waals surface area contributed by atoms with Crippen LogP contribution in [0.5, 0.6) is 0 Å². The SMILES string of the molecule is CCCNCc1ccc(N2CCOC3CCCC32)c(Cl)c1. The summed E-state index contributed by atoms with van der Waals surface area (Å²) in [5.74, 6) is 0. The summed E-state index contributed by atoms with van der Waals surface area (Å²) < 4.78 is 5.89. The molecule has 0 bridgehead atoms. The highest BCUT2D eigenvalue weighted by Crippen LogP contribution is 2.36. The first-order valence-corrected chi connectivity index (χ1v) is 8.54. The Hall–Kier alpha value is -0.770. The molecule has 116 valence electrons. The number of ether oxygens (including phenoxy) is 1. The lowest BCUT2D eigenvalue weighted by Gasteiger charge is -2.39. The number of benzene rings is 1. The predicted octanol–water partition coefficient (Wildman–Crippen LogP) is 3.60. The molecule has 1 N–H and O–H groups in total. The van der Waals surface area contributed by atoms with Crippen molar-refractivity contribution in [1.29, 1.82) is 0 Å². The van der Waals surface area contributed by atoms with Gasteiger partial charge in [0, 0.05) is 13.1 Å². The number of halogens is 1. The molecule has 21 heavy (non-hydrogen) atoms. The third-order valence-corrected chi connectivity index (χ3v) is 4.86. The van der Waals surface area contributed by atoms with Crippen molar-refractivity contribution in [2.45, 2.75) is 51.3 Å². The van der Waals surface area contributed by atoms with Crippen LogP contribution in [-0.2, 0) is 11.3 Å². The summed E-state index contributed by atoms with van der Waals surface area (Å²) >= 11 is 6.56. The van der Waals surface area contributed by atoms with Crippen molar-refractivity contribution in [3.05, 3.63) is 28.8 Å². The third kappa shape index (κ3) is 3.36. The molecule has 3 rings (SSSR count). The Morgan fingerprint density at radius 1 is 1.38 bits per heavy atom. The lowest BCUT2D eigenvalue weighted by Crippen LogP contribution is -2.48. The molecule has 0 amide bonds. The number of nitrogens with zero attached hydrogens (tertiary/aromatic N) is 1. The van der Waals surface area contributed by atoms with Crippen LogP contribution >= 0.6 is 11.6 Å². The predicted molar refractivity (Wildman–Crippen MR) is 88.2 cm³/mol. The van der Waals surface area contributed by atoms with E-state index in [1.54, 1.807) is 0 Å². The van der Waals surface area contributed by atoms with Crippen molar-refractivity contribution in [2.75, 3.05) is 24.6 Å². The first-order valence-electron chi connectivity index (χ1n) is 8.17. The van der Waals surface area contributed by atoms with Crippen LogP contribution in [0.15, 0.2) is 18.2 Å². The van der Waals surface area contributed by atoms with E-state index in [2.05, 4.69) is 35.3 Å². The molecule has 1 saturated heterocycles. The van der Waals surface area contributed by atoms with Crippen molar-refractivity contribution in [2.24, 2.45) is 0 Å². The highest BCUT2D eigenvalue weighted by Gasteiger charge is 2.36. The second-order valence-electron chi connectivity index (χ2n) is 6.06. The van der Waals surface area contributed by atoms with E-state index in [-0.39, 0.29) is 0 Å². The minimum Gasteiger partial charge on any atom is -0.374 e. The number of hydrogen-bond acceptors (Lipinski definition) is 3. The van der Waals surface area contributed by atoms with E-state index < -0.39 is 0 Å². The number of fused-ring (bicyclic) bond motifs is 1. The van der Waals surface area contributed by atoms with Gasteiger partial charge in [0.25, 0.3) is 0 Å². The molecule has 1 saturated carbocycles. The molecule has 2 unspecified atom stereocenters. The van der Waals surface area contributed by atoms with E-state index in [9.17, 15) is 0 Å². The van der Waals surface area contributed by atoms with E-state index >= 15 is 0 Å². The van der Waals surface area contributed by atoms with Gasteiger partial charge in [0.2, 0.25) is 0 Å². The van der Waals surface area contributed by atoms with Gasteiger partial charge in [-0.1, -0.05) is 24.6 Å². The van der Waals surface area contributed by atoms with E-state index in [0.29, 0.717) is 12.1 Å². The van der Waals surface area contributed by atoms with Gasteiger partial charge in [0.1, 0.15) is 0 Å². The Labute approximate surface area is 132 Å². The van der Waals surface area contributed by atoms with Crippen molar-refractivity contribution in [3.8, 4) is 0 Å². The molecule has 1 aliphatic carbocycles. The minimum atomic E-state index is 0.403. The van der Waals surface area contributed by atoms with Gasteiger partial charge in [-0.2, -0.15) is 0 Å². The average Bonchev–Trinajstić information content (AvgIpc) is 2.96. The molecule has 0 radical (unpaired) electrons. The number of rotatable bonds is 5. The molecule has 1 aromatic rings. The van der Waals surface area contributed by atoms with Crippen LogP contribution in [0.2, 0.25) is 5.02 Å². The van der Waals surface area contributed by atoms with Crippen LogP contribution in [-0.4, -0.2) is 31.8 Å². The van der Waals surface area contributed by atoms with Crippen LogP contribution in [0.4, 0.5) is 5.69 Å². The monoisotopic (exact) mass is 308 g/mol. The molecule has 2 atom stereocenters. The summed E-state index contributed by atoms with van der Waals surface area (Å²) in [6, 6.07) is 7.01. The van der Waals surface area contributed by atoms with Crippen LogP contribution in [0.1, 0.15) is 38.2 Å². The molecule has 2 fully saturated rings. The molecule has 3 nitrogen and oxygen atoms in total. The largest absolute Gasteiger partial charge is 0.374 e. The molecule has 0 aromatic heterocycles. The summed E-state index contributed by atoms with van der Waals surface area (Å²) in [5, 5.41) is 4.30. The van der Waals surface area contributed by atoms with Gasteiger partial charge in [-0.05, 0) is 49.9 Å². The standard InChI is InChI=1S/C17H25ClN2O/c1-2-8-19-12-13-6-7-15(14(18)11-13)20-9-10-21-17-5-3-4-16(17)20/h6-7,11,16-17,19H,2-5,8-10,12H2,1H3. The summed E-state index contributed by atoms with van der Waals surface area (Å²) in [6.07, 6.45) is 5.24. The molecule has 1 heterocycles. The van der Waals surface area contributed by atoms with Gasteiger partial charge < -0.3 is 15.0 Å². The lowest BCUT2D eigenvalue weighted by atomic mass is 10.1. The highest BCUT2D eigenvalue weighted by atomic mass is 35.5. The minimum absolute atomic E-state index is 0.403. The molecule has 0 spiro atoms. The van der Waals surface area contributed by atoms with E-state index in [1.807, 2.05) is 0 Å². The van der Waals surface area contributed by atoms with Crippen LogP contribution < -0.4 is 10.2 Å². The van der Waals surface area contributed by atoms with Gasteiger partial charge in [-0.15, -0.1) is 0 Å². The zero-order valence-corrected chi connectivity index (χ0v) is 13.5. The Morgan fingerprint density at radius 3 is 3.10 bits per heavy atom. The summed E-state index contributed by atoms with van der Waals surface area (Å²) in [7, 11) is 0. The van der Waals surface area contributed by atoms with Crippen molar-refractivity contribution in [1.82, 2.24) is 5.32 Å². The topological polar surface area (TPSA) is 24.5 Å². The van der Waals surface area contributed by atoms with E-state index in [4.69, 9.17) is 16.3 Å². The summed E-state index contributed by atoms with van der Waals surface area (Å²) in [5.41, 5.74) is 2.43. The van der Waals surface area contributed by atoms with Crippen molar-refractivity contribution in [3.63, 3.8) is 0 Å². The number of anilines is 1. The molecule has 1 aromatic carbocycles. The summed E-state index contributed by atoms with van der Waals surface area (Å²) in [4.78, 5) is 2.47. The Bertz CT molecular complexity index is 480. The first-order chi connectivity index (χ1) is 10.3. The van der Waals surface area contributed by atoms with Crippen molar-refractivity contribution < 1.29 is 4.74 Å². The quantitative estimate of drug-likeness (QED) is 0.841. The van der Waals surface area contributed by atoms with Crippen LogP contribution in [0, 0.1) is 0 Å². The van der Waals surface area contributed by atoms with Gasteiger partial charge >= 0.3 is 0 Å². The third-order valence-electron chi connectivity index (χ3n) is 4.56. The molecular weight excluding hydrogens is 284 g/mol. The number of hydrogen-bond donors (Lipinski definition) is 1. The van der Waals surface area contributed by atoms with E-state index in [1.165, 1.54) is 30.5 Å². The molecule has 1 aliphatic heterocycles. The van der Waals surface area contributed by atoms with Gasteiger partial charge in [0.15, 0.2) is 0 Å². The average molecular weight is 309 g/mol. The maximum atomic E-state index is 6.56. The first kappa shape index (κ1) is 15.1. The normalized spacial score (nSPS) is 25.1. The molecule has 2 aliphatic rings. The maximum Gasteiger partial charge on any atom is 0.0779 e. The van der Waals surface area contributed by atoms with E-state index in [0.717, 1.165) is 37.7 Å². The molecular formula is C17H25ClN2O. The Morgan fingerprint density at radius 2 is 2.29 bits per heavy atom. The fourth-order valence-corrected chi connectivity index (χ4v) is 3.84.